The van der Waals surface area contributed by atoms with Crippen molar-refractivity contribution >= 4 is 44.9 Å². The van der Waals surface area contributed by atoms with Gasteiger partial charge < -0.3 is 14.8 Å². The van der Waals surface area contributed by atoms with E-state index >= 15 is 0 Å². The molecule has 2 aromatic rings. The fourth-order valence-electron chi connectivity index (χ4n) is 3.02. The highest BCUT2D eigenvalue weighted by molar-refractivity contribution is 7.21. The number of benzene rings is 1. The molecule has 1 aliphatic rings. The Balaban J connectivity index is 1.61. The minimum atomic E-state index is -0.580. The molecular formula is C18H20ClNO4S. The molecule has 0 saturated heterocycles. The zero-order valence-electron chi connectivity index (χ0n) is 14.0. The minimum absolute atomic E-state index is 0.195. The highest BCUT2D eigenvalue weighted by atomic mass is 35.5. The minimum Gasteiger partial charge on any atom is -0.497 e. The van der Waals surface area contributed by atoms with Gasteiger partial charge >= 0.3 is 5.97 Å². The van der Waals surface area contributed by atoms with Crippen molar-refractivity contribution < 1.29 is 19.1 Å². The number of fused-ring (bicyclic) bond motifs is 1. The summed E-state index contributed by atoms with van der Waals surface area (Å²) in [6.45, 7) is -0.288. The maximum absolute atomic E-state index is 12.3. The molecule has 1 aliphatic carbocycles. The number of ether oxygens (including phenoxy) is 2. The smallest absolute Gasteiger partial charge is 0.350 e. The molecule has 5 nitrogen and oxygen atoms in total. The zero-order valence-corrected chi connectivity index (χ0v) is 15.5. The number of amides is 1. The number of hydrogen-bond acceptors (Lipinski definition) is 5. The van der Waals surface area contributed by atoms with Gasteiger partial charge in [-0.05, 0) is 31.0 Å². The Bertz CT molecular complexity index is 783. The van der Waals surface area contributed by atoms with Crippen LogP contribution in [0.15, 0.2) is 18.2 Å². The first-order valence-electron chi connectivity index (χ1n) is 8.31. The second kappa shape index (κ2) is 8.06. The van der Waals surface area contributed by atoms with Gasteiger partial charge in [-0.3, -0.25) is 4.79 Å². The Morgan fingerprint density at radius 3 is 2.76 bits per heavy atom. The van der Waals surface area contributed by atoms with Gasteiger partial charge in [0.15, 0.2) is 6.61 Å². The van der Waals surface area contributed by atoms with Gasteiger partial charge in [-0.15, -0.1) is 11.3 Å². The van der Waals surface area contributed by atoms with Crippen LogP contribution in [0.3, 0.4) is 0 Å². The lowest BCUT2D eigenvalue weighted by Crippen LogP contribution is -2.38. The van der Waals surface area contributed by atoms with Crippen LogP contribution in [-0.2, 0) is 9.53 Å². The van der Waals surface area contributed by atoms with Gasteiger partial charge in [0.1, 0.15) is 10.6 Å². The number of nitrogens with one attached hydrogen (secondary N) is 1. The van der Waals surface area contributed by atoms with Crippen LogP contribution in [0.1, 0.15) is 41.8 Å². The summed E-state index contributed by atoms with van der Waals surface area (Å²) in [4.78, 5) is 24.5. The third kappa shape index (κ3) is 4.25. The molecule has 134 valence electrons. The van der Waals surface area contributed by atoms with Crippen LogP contribution in [0, 0.1) is 0 Å². The van der Waals surface area contributed by atoms with Crippen molar-refractivity contribution in [2.24, 2.45) is 0 Å². The maximum Gasteiger partial charge on any atom is 0.350 e. The van der Waals surface area contributed by atoms with Crippen LogP contribution >= 0.6 is 22.9 Å². The topological polar surface area (TPSA) is 64.6 Å². The number of rotatable bonds is 5. The van der Waals surface area contributed by atoms with E-state index in [1.807, 2.05) is 6.07 Å². The van der Waals surface area contributed by atoms with Crippen LogP contribution in [0.2, 0.25) is 5.02 Å². The fourth-order valence-corrected chi connectivity index (χ4v) is 4.45. The van der Waals surface area contributed by atoms with Crippen LogP contribution < -0.4 is 10.1 Å². The molecule has 1 fully saturated rings. The van der Waals surface area contributed by atoms with E-state index in [1.54, 1.807) is 19.2 Å². The summed E-state index contributed by atoms with van der Waals surface area (Å²) < 4.78 is 11.2. The Kier molecular flexibility index (Phi) is 5.81. The molecule has 1 saturated carbocycles. The molecule has 1 amide bonds. The number of thiophene rings is 1. The molecule has 3 rings (SSSR count). The van der Waals surface area contributed by atoms with Crippen molar-refractivity contribution in [3.8, 4) is 5.75 Å². The molecular weight excluding hydrogens is 362 g/mol. The molecule has 1 N–H and O–H groups in total. The van der Waals surface area contributed by atoms with Crippen LogP contribution in [-0.4, -0.2) is 31.6 Å². The number of halogens is 1. The summed E-state index contributed by atoms with van der Waals surface area (Å²) in [6, 6.07) is 5.60. The molecule has 1 heterocycles. The first-order valence-corrected chi connectivity index (χ1v) is 9.50. The molecule has 1 aromatic carbocycles. The average Bonchev–Trinajstić information content (AvgIpc) is 2.96. The van der Waals surface area contributed by atoms with Gasteiger partial charge in [0.05, 0.1) is 12.1 Å². The van der Waals surface area contributed by atoms with Crippen LogP contribution in [0.4, 0.5) is 0 Å². The Hall–Kier alpha value is -1.79. The molecule has 1 aromatic heterocycles. The number of carbonyl (C=O) groups excluding carboxylic acids is 2. The largest absolute Gasteiger partial charge is 0.497 e. The van der Waals surface area contributed by atoms with E-state index < -0.39 is 5.97 Å². The van der Waals surface area contributed by atoms with Gasteiger partial charge in [0.2, 0.25) is 0 Å². The standard InChI is InChI=1S/C18H20ClNO4S/c1-23-12-7-8-13-14(9-12)25-17(16(13)19)18(22)24-10-15(21)20-11-5-3-2-4-6-11/h7-9,11H,2-6,10H2,1H3,(H,20,21). The summed E-state index contributed by atoms with van der Waals surface area (Å²) >= 11 is 7.52. The zero-order chi connectivity index (χ0) is 17.8. The summed E-state index contributed by atoms with van der Waals surface area (Å²) in [7, 11) is 1.58. The lowest BCUT2D eigenvalue weighted by Gasteiger charge is -2.22. The van der Waals surface area contributed by atoms with E-state index in [0.29, 0.717) is 15.6 Å². The van der Waals surface area contributed by atoms with Gasteiger partial charge in [-0.2, -0.15) is 0 Å². The first-order chi connectivity index (χ1) is 12.1. The highest BCUT2D eigenvalue weighted by Crippen LogP contribution is 2.37. The van der Waals surface area contributed by atoms with Gasteiger partial charge in [-0.1, -0.05) is 30.9 Å². The molecule has 0 bridgehead atoms. The van der Waals surface area contributed by atoms with Crippen molar-refractivity contribution in [1.82, 2.24) is 5.32 Å². The summed E-state index contributed by atoms with van der Waals surface area (Å²) in [5.41, 5.74) is 0. The van der Waals surface area contributed by atoms with Crippen molar-refractivity contribution in [1.29, 1.82) is 0 Å². The molecule has 0 spiro atoms. The Morgan fingerprint density at radius 1 is 1.28 bits per heavy atom. The van der Waals surface area contributed by atoms with Crippen molar-refractivity contribution in [3.05, 3.63) is 28.1 Å². The number of methoxy groups -OCH3 is 1. The van der Waals surface area contributed by atoms with Gasteiger partial charge in [0, 0.05) is 16.1 Å². The van der Waals surface area contributed by atoms with Crippen LogP contribution in [0.25, 0.3) is 10.1 Å². The predicted octanol–water partition coefficient (Wildman–Crippen LogP) is 4.17. The number of esters is 1. The maximum atomic E-state index is 12.3. The molecule has 0 unspecified atom stereocenters. The SMILES string of the molecule is COc1ccc2c(Cl)c(C(=O)OCC(=O)NC3CCCCC3)sc2c1. The fraction of sp³-hybridized carbons (Fsp3) is 0.444. The van der Waals surface area contributed by atoms with Crippen molar-refractivity contribution in [3.63, 3.8) is 0 Å². The average molecular weight is 382 g/mol. The summed E-state index contributed by atoms with van der Waals surface area (Å²) in [6.07, 6.45) is 5.46. The van der Waals surface area contributed by atoms with E-state index in [4.69, 9.17) is 21.1 Å². The monoisotopic (exact) mass is 381 g/mol. The van der Waals surface area contributed by atoms with E-state index in [9.17, 15) is 9.59 Å². The van der Waals surface area contributed by atoms with Crippen molar-refractivity contribution in [2.75, 3.05) is 13.7 Å². The third-order valence-corrected chi connectivity index (χ3v) is 5.96. The lowest BCUT2D eigenvalue weighted by molar-refractivity contribution is -0.125. The highest BCUT2D eigenvalue weighted by Gasteiger charge is 2.21. The summed E-state index contributed by atoms with van der Waals surface area (Å²) in [5, 5.41) is 4.04. The second-order valence-corrected chi connectivity index (χ2v) is 7.52. The molecule has 0 atom stereocenters. The number of hydrogen-bond donors (Lipinski definition) is 1. The molecule has 0 aliphatic heterocycles. The molecule has 25 heavy (non-hydrogen) atoms. The van der Waals surface area contributed by atoms with Crippen LogP contribution in [0.5, 0.6) is 5.75 Å². The normalized spacial score (nSPS) is 15.1. The van der Waals surface area contributed by atoms with E-state index in [2.05, 4.69) is 5.32 Å². The van der Waals surface area contributed by atoms with E-state index in [0.717, 1.165) is 35.8 Å². The predicted molar refractivity (Wildman–Crippen MR) is 98.7 cm³/mol. The lowest BCUT2D eigenvalue weighted by atomic mass is 9.95. The number of carbonyl (C=O) groups is 2. The Morgan fingerprint density at radius 2 is 2.04 bits per heavy atom. The van der Waals surface area contributed by atoms with E-state index in [1.165, 1.54) is 17.8 Å². The van der Waals surface area contributed by atoms with E-state index in [-0.39, 0.29) is 18.6 Å². The molecule has 0 radical (unpaired) electrons. The first kappa shape index (κ1) is 18.0. The third-order valence-electron chi connectivity index (χ3n) is 4.33. The van der Waals surface area contributed by atoms with Gasteiger partial charge in [0.25, 0.3) is 5.91 Å². The summed E-state index contributed by atoms with van der Waals surface area (Å²) in [5.74, 6) is -0.152. The van der Waals surface area contributed by atoms with Crippen molar-refractivity contribution in [2.45, 2.75) is 38.1 Å². The van der Waals surface area contributed by atoms with Gasteiger partial charge in [-0.25, -0.2) is 4.79 Å². The Labute approximate surface area is 155 Å². The quantitative estimate of drug-likeness (QED) is 0.789. The molecule has 7 heteroatoms. The second-order valence-electron chi connectivity index (χ2n) is 6.09.